The summed E-state index contributed by atoms with van der Waals surface area (Å²) in [5.74, 6) is 0.960. The fraction of sp³-hybridized carbons (Fsp3) is 0.692. The Morgan fingerprint density at radius 1 is 1.56 bits per heavy atom. The maximum Gasteiger partial charge on any atom is 0.0239 e. The summed E-state index contributed by atoms with van der Waals surface area (Å²) in [6.45, 7) is 5.63. The van der Waals surface area contributed by atoms with E-state index in [2.05, 4.69) is 41.0 Å². The molecular weight excluding hydrogens is 216 g/mol. The molecule has 1 aliphatic rings. The molecule has 1 fully saturated rings. The van der Waals surface area contributed by atoms with E-state index >= 15 is 0 Å². The topological polar surface area (TPSA) is 15.3 Å². The van der Waals surface area contributed by atoms with Crippen molar-refractivity contribution in [1.29, 1.82) is 0 Å². The molecular formula is C13H22N2S. The summed E-state index contributed by atoms with van der Waals surface area (Å²) >= 11 is 1.78. The van der Waals surface area contributed by atoms with Crippen molar-refractivity contribution in [3.8, 4) is 0 Å². The molecule has 1 aromatic rings. The molecule has 16 heavy (non-hydrogen) atoms. The van der Waals surface area contributed by atoms with Gasteiger partial charge in [0, 0.05) is 25.7 Å². The first kappa shape index (κ1) is 12.1. The van der Waals surface area contributed by atoms with Crippen LogP contribution in [0.1, 0.15) is 25.3 Å². The molecule has 1 aliphatic carbocycles. The van der Waals surface area contributed by atoms with E-state index in [9.17, 15) is 0 Å². The zero-order valence-electron chi connectivity index (χ0n) is 10.3. The van der Waals surface area contributed by atoms with Crippen LogP contribution in [-0.2, 0) is 6.54 Å². The molecule has 3 heteroatoms. The fourth-order valence-electron chi connectivity index (χ4n) is 2.02. The Kier molecular flexibility index (Phi) is 4.38. The van der Waals surface area contributed by atoms with Gasteiger partial charge in [-0.1, -0.05) is 0 Å². The first-order valence-corrected chi connectivity index (χ1v) is 7.13. The number of hydrogen-bond donors (Lipinski definition) is 1. The number of thiophene rings is 1. The van der Waals surface area contributed by atoms with Crippen LogP contribution >= 0.6 is 11.3 Å². The van der Waals surface area contributed by atoms with Crippen molar-refractivity contribution in [1.82, 2.24) is 10.2 Å². The third kappa shape index (κ3) is 3.89. The first-order chi connectivity index (χ1) is 7.75. The van der Waals surface area contributed by atoms with Crippen molar-refractivity contribution in [2.24, 2.45) is 5.92 Å². The van der Waals surface area contributed by atoms with Gasteiger partial charge in [-0.15, -0.1) is 0 Å². The van der Waals surface area contributed by atoms with Gasteiger partial charge in [0.15, 0.2) is 0 Å². The quantitative estimate of drug-likeness (QED) is 0.785. The third-order valence-electron chi connectivity index (χ3n) is 3.32. The van der Waals surface area contributed by atoms with Crippen LogP contribution in [0.4, 0.5) is 0 Å². The minimum absolute atomic E-state index is 0.717. The minimum Gasteiger partial charge on any atom is -0.313 e. The average Bonchev–Trinajstić information content (AvgIpc) is 2.99. The lowest BCUT2D eigenvalue weighted by Gasteiger charge is -2.18. The van der Waals surface area contributed by atoms with Crippen LogP contribution in [0.5, 0.6) is 0 Å². The molecule has 1 aromatic heterocycles. The molecule has 0 aliphatic heterocycles. The molecule has 1 unspecified atom stereocenters. The minimum atomic E-state index is 0.717. The van der Waals surface area contributed by atoms with E-state index in [-0.39, 0.29) is 0 Å². The molecule has 1 N–H and O–H groups in total. The van der Waals surface area contributed by atoms with Crippen molar-refractivity contribution in [3.05, 3.63) is 22.4 Å². The highest BCUT2D eigenvalue weighted by atomic mass is 32.1. The summed E-state index contributed by atoms with van der Waals surface area (Å²) < 4.78 is 0. The molecule has 0 radical (unpaired) electrons. The van der Waals surface area contributed by atoms with Crippen LogP contribution in [0, 0.1) is 5.92 Å². The zero-order chi connectivity index (χ0) is 11.4. The van der Waals surface area contributed by atoms with Crippen LogP contribution in [0.2, 0.25) is 0 Å². The average molecular weight is 238 g/mol. The van der Waals surface area contributed by atoms with E-state index in [0.717, 1.165) is 31.6 Å². The molecule has 2 nitrogen and oxygen atoms in total. The van der Waals surface area contributed by atoms with Crippen LogP contribution in [0.3, 0.4) is 0 Å². The van der Waals surface area contributed by atoms with Crippen molar-refractivity contribution in [3.63, 3.8) is 0 Å². The maximum absolute atomic E-state index is 3.62. The Morgan fingerprint density at radius 2 is 2.38 bits per heavy atom. The lowest BCUT2D eigenvalue weighted by Crippen LogP contribution is -2.35. The molecule has 0 spiro atoms. The van der Waals surface area contributed by atoms with Crippen molar-refractivity contribution >= 4 is 11.3 Å². The molecule has 1 saturated carbocycles. The summed E-state index contributed by atoms with van der Waals surface area (Å²) in [7, 11) is 2.20. The predicted molar refractivity (Wildman–Crippen MR) is 70.8 cm³/mol. The third-order valence-corrected chi connectivity index (χ3v) is 4.05. The maximum atomic E-state index is 3.62. The van der Waals surface area contributed by atoms with Crippen molar-refractivity contribution < 1.29 is 0 Å². The van der Waals surface area contributed by atoms with Crippen molar-refractivity contribution in [2.75, 3.05) is 20.1 Å². The fourth-order valence-corrected chi connectivity index (χ4v) is 2.68. The predicted octanol–water partition coefficient (Wildman–Crippen LogP) is 2.57. The molecule has 1 heterocycles. The second-order valence-corrected chi connectivity index (χ2v) is 5.73. The summed E-state index contributed by atoms with van der Waals surface area (Å²) in [6, 6.07) is 2.93. The first-order valence-electron chi connectivity index (χ1n) is 6.18. The summed E-state index contributed by atoms with van der Waals surface area (Å²) in [5.41, 5.74) is 1.43. The van der Waals surface area contributed by atoms with Gasteiger partial charge in [0.1, 0.15) is 0 Å². The van der Waals surface area contributed by atoms with E-state index in [1.54, 1.807) is 11.3 Å². The van der Waals surface area contributed by atoms with E-state index in [0.29, 0.717) is 0 Å². The van der Waals surface area contributed by atoms with Crippen molar-refractivity contribution in [2.45, 2.75) is 32.4 Å². The van der Waals surface area contributed by atoms with Crippen LogP contribution in [0.25, 0.3) is 0 Å². The Hall–Kier alpha value is -0.380. The van der Waals surface area contributed by atoms with Gasteiger partial charge in [-0.2, -0.15) is 11.3 Å². The van der Waals surface area contributed by atoms with Gasteiger partial charge in [0.05, 0.1) is 0 Å². The highest BCUT2D eigenvalue weighted by Crippen LogP contribution is 2.32. The smallest absolute Gasteiger partial charge is 0.0239 e. The standard InChI is InChI=1S/C13H22N2S/c1-11(13-3-4-13)14-6-7-15(2)9-12-5-8-16-10-12/h5,8,10-11,13-14H,3-4,6-7,9H2,1-2H3. The lowest BCUT2D eigenvalue weighted by atomic mass is 10.2. The number of rotatable bonds is 7. The normalized spacial score (nSPS) is 17.9. The number of likely N-dealkylation sites (N-methyl/N-ethyl adjacent to an activating group) is 1. The Labute approximate surface area is 103 Å². The highest BCUT2D eigenvalue weighted by Gasteiger charge is 2.27. The molecule has 1 atom stereocenters. The van der Waals surface area contributed by atoms with E-state index in [4.69, 9.17) is 0 Å². The largest absolute Gasteiger partial charge is 0.313 e. The van der Waals surface area contributed by atoms with Gasteiger partial charge in [-0.05, 0) is 55.1 Å². The van der Waals surface area contributed by atoms with Gasteiger partial charge in [-0.25, -0.2) is 0 Å². The summed E-state index contributed by atoms with van der Waals surface area (Å²) in [6.07, 6.45) is 2.86. The molecule has 0 aromatic carbocycles. The van der Waals surface area contributed by atoms with Gasteiger partial charge >= 0.3 is 0 Å². The molecule has 0 bridgehead atoms. The molecule has 2 rings (SSSR count). The van der Waals surface area contributed by atoms with Crippen LogP contribution < -0.4 is 5.32 Å². The van der Waals surface area contributed by atoms with Gasteiger partial charge < -0.3 is 10.2 Å². The summed E-state index contributed by atoms with van der Waals surface area (Å²) in [4.78, 5) is 2.38. The molecule has 0 amide bonds. The summed E-state index contributed by atoms with van der Waals surface area (Å²) in [5, 5.41) is 8.00. The van der Waals surface area contributed by atoms with E-state index in [1.165, 1.54) is 18.4 Å². The molecule has 90 valence electrons. The van der Waals surface area contributed by atoms with Crippen LogP contribution in [0.15, 0.2) is 16.8 Å². The second-order valence-electron chi connectivity index (χ2n) is 4.95. The second kappa shape index (κ2) is 5.80. The highest BCUT2D eigenvalue weighted by molar-refractivity contribution is 7.07. The Bertz CT molecular complexity index is 293. The van der Waals surface area contributed by atoms with Crippen LogP contribution in [-0.4, -0.2) is 31.1 Å². The monoisotopic (exact) mass is 238 g/mol. The van der Waals surface area contributed by atoms with Gasteiger partial charge in [0.25, 0.3) is 0 Å². The number of hydrogen-bond acceptors (Lipinski definition) is 3. The zero-order valence-corrected chi connectivity index (χ0v) is 11.1. The van der Waals surface area contributed by atoms with Gasteiger partial charge in [0.2, 0.25) is 0 Å². The van der Waals surface area contributed by atoms with E-state index in [1.807, 2.05) is 0 Å². The lowest BCUT2D eigenvalue weighted by molar-refractivity contribution is 0.315. The number of nitrogens with zero attached hydrogens (tertiary/aromatic N) is 1. The SMILES string of the molecule is CC(NCCN(C)Cc1ccsc1)C1CC1. The van der Waals surface area contributed by atoms with Gasteiger partial charge in [-0.3, -0.25) is 0 Å². The number of nitrogens with one attached hydrogen (secondary N) is 1. The Morgan fingerprint density at radius 3 is 3.00 bits per heavy atom. The Balaban J connectivity index is 1.58. The molecule has 0 saturated heterocycles. The van der Waals surface area contributed by atoms with E-state index < -0.39 is 0 Å².